The van der Waals surface area contributed by atoms with Gasteiger partial charge in [0.1, 0.15) is 5.82 Å². The van der Waals surface area contributed by atoms with Gasteiger partial charge in [0.15, 0.2) is 0 Å². The summed E-state index contributed by atoms with van der Waals surface area (Å²) in [6.07, 6.45) is 3.60. The topological polar surface area (TPSA) is 43.6 Å². The Bertz CT molecular complexity index is 492. The molecular weight excluding hydrogens is 236 g/mol. The SMILES string of the molecule is CC(C)c1nnc(Cl)n1C(C)c1cccnc1. The predicted octanol–water partition coefficient (Wildman–Crippen LogP) is 3.06. The van der Waals surface area contributed by atoms with Gasteiger partial charge in [-0.1, -0.05) is 19.9 Å². The van der Waals surface area contributed by atoms with Crippen molar-refractivity contribution in [2.45, 2.75) is 32.7 Å². The first-order valence-corrected chi connectivity index (χ1v) is 5.99. The minimum atomic E-state index is 0.0867. The van der Waals surface area contributed by atoms with Crippen molar-refractivity contribution < 1.29 is 0 Å². The van der Waals surface area contributed by atoms with E-state index in [0.29, 0.717) is 5.28 Å². The standard InChI is InChI=1S/C12H15ClN4/c1-8(2)11-15-16-12(13)17(11)9(3)10-5-4-6-14-7-10/h4-9H,1-3H3. The number of pyridine rings is 1. The van der Waals surface area contributed by atoms with Crippen LogP contribution in [0.2, 0.25) is 5.28 Å². The maximum absolute atomic E-state index is 6.10. The van der Waals surface area contributed by atoms with Crippen molar-refractivity contribution in [1.29, 1.82) is 0 Å². The van der Waals surface area contributed by atoms with Gasteiger partial charge in [0.05, 0.1) is 6.04 Å². The van der Waals surface area contributed by atoms with Gasteiger partial charge in [-0.05, 0) is 30.2 Å². The second kappa shape index (κ2) is 4.84. The van der Waals surface area contributed by atoms with Crippen LogP contribution >= 0.6 is 11.6 Å². The molecule has 90 valence electrons. The van der Waals surface area contributed by atoms with E-state index in [1.807, 2.05) is 22.9 Å². The fourth-order valence-electron chi connectivity index (χ4n) is 1.81. The number of hydrogen-bond donors (Lipinski definition) is 0. The molecule has 0 radical (unpaired) electrons. The first kappa shape index (κ1) is 12.0. The van der Waals surface area contributed by atoms with E-state index in [2.05, 4.69) is 36.0 Å². The van der Waals surface area contributed by atoms with E-state index in [0.717, 1.165) is 11.4 Å². The summed E-state index contributed by atoms with van der Waals surface area (Å²) in [6.45, 7) is 6.22. The van der Waals surface area contributed by atoms with Gasteiger partial charge in [0, 0.05) is 18.3 Å². The summed E-state index contributed by atoms with van der Waals surface area (Å²) in [6, 6.07) is 4.03. The maximum Gasteiger partial charge on any atom is 0.225 e. The first-order valence-electron chi connectivity index (χ1n) is 5.61. The Morgan fingerprint density at radius 2 is 2.00 bits per heavy atom. The van der Waals surface area contributed by atoms with Crippen LogP contribution in [0.1, 0.15) is 44.1 Å². The molecule has 2 aromatic heterocycles. The minimum Gasteiger partial charge on any atom is -0.294 e. The third-order valence-electron chi connectivity index (χ3n) is 2.75. The van der Waals surface area contributed by atoms with Crippen molar-refractivity contribution >= 4 is 11.6 Å². The van der Waals surface area contributed by atoms with Crippen LogP contribution in [0.15, 0.2) is 24.5 Å². The molecule has 1 unspecified atom stereocenters. The molecule has 1 atom stereocenters. The van der Waals surface area contributed by atoms with E-state index in [4.69, 9.17) is 11.6 Å². The summed E-state index contributed by atoms with van der Waals surface area (Å²) < 4.78 is 1.95. The number of halogens is 1. The molecule has 5 heteroatoms. The van der Waals surface area contributed by atoms with Crippen molar-refractivity contribution in [2.75, 3.05) is 0 Å². The molecule has 0 fully saturated rings. The Morgan fingerprint density at radius 1 is 1.24 bits per heavy atom. The molecule has 0 spiro atoms. The van der Waals surface area contributed by atoms with E-state index in [1.54, 1.807) is 6.20 Å². The molecule has 2 rings (SSSR count). The lowest BCUT2D eigenvalue weighted by atomic mass is 10.1. The van der Waals surface area contributed by atoms with Crippen LogP contribution in [0, 0.1) is 0 Å². The van der Waals surface area contributed by atoms with E-state index < -0.39 is 0 Å². The summed E-state index contributed by atoms with van der Waals surface area (Å²) in [4.78, 5) is 4.12. The Balaban J connectivity index is 2.43. The number of rotatable bonds is 3. The van der Waals surface area contributed by atoms with Gasteiger partial charge in [0.25, 0.3) is 0 Å². The van der Waals surface area contributed by atoms with E-state index in [1.165, 1.54) is 0 Å². The molecule has 0 aliphatic rings. The lowest BCUT2D eigenvalue weighted by Gasteiger charge is -2.17. The molecule has 17 heavy (non-hydrogen) atoms. The zero-order valence-electron chi connectivity index (χ0n) is 10.1. The molecule has 0 aliphatic carbocycles. The van der Waals surface area contributed by atoms with Gasteiger partial charge in [-0.3, -0.25) is 9.55 Å². The first-order chi connectivity index (χ1) is 8.11. The average Bonchev–Trinajstić information content (AvgIpc) is 2.71. The molecule has 0 aromatic carbocycles. The second-order valence-corrected chi connectivity index (χ2v) is 4.65. The summed E-state index contributed by atoms with van der Waals surface area (Å²) in [5, 5.41) is 8.49. The van der Waals surface area contributed by atoms with Gasteiger partial charge in [-0.15, -0.1) is 10.2 Å². The van der Waals surface area contributed by atoms with Crippen molar-refractivity contribution in [2.24, 2.45) is 0 Å². The van der Waals surface area contributed by atoms with Crippen molar-refractivity contribution in [3.05, 3.63) is 41.2 Å². The highest BCUT2D eigenvalue weighted by Gasteiger charge is 2.19. The Morgan fingerprint density at radius 3 is 2.59 bits per heavy atom. The third-order valence-corrected chi connectivity index (χ3v) is 3.01. The van der Waals surface area contributed by atoms with Crippen LogP contribution < -0.4 is 0 Å². The zero-order chi connectivity index (χ0) is 12.4. The molecule has 2 aromatic rings. The number of aromatic nitrogens is 4. The zero-order valence-corrected chi connectivity index (χ0v) is 10.9. The fourth-order valence-corrected chi connectivity index (χ4v) is 2.08. The molecule has 0 saturated heterocycles. The lowest BCUT2D eigenvalue weighted by molar-refractivity contribution is 0.577. The van der Waals surface area contributed by atoms with Crippen LogP contribution in [-0.2, 0) is 0 Å². The second-order valence-electron chi connectivity index (χ2n) is 4.31. The fraction of sp³-hybridized carbons (Fsp3) is 0.417. The monoisotopic (exact) mass is 250 g/mol. The molecule has 0 amide bonds. The largest absolute Gasteiger partial charge is 0.294 e. The van der Waals surface area contributed by atoms with Crippen molar-refractivity contribution in [1.82, 2.24) is 19.7 Å². The number of nitrogens with zero attached hydrogens (tertiary/aromatic N) is 4. The summed E-state index contributed by atoms with van der Waals surface area (Å²) >= 11 is 6.10. The van der Waals surface area contributed by atoms with Crippen LogP contribution in [0.4, 0.5) is 0 Å². The summed E-state index contributed by atoms with van der Waals surface area (Å²) in [7, 11) is 0. The highest BCUT2D eigenvalue weighted by molar-refractivity contribution is 6.28. The van der Waals surface area contributed by atoms with Gasteiger partial charge in [0.2, 0.25) is 5.28 Å². The molecule has 2 heterocycles. The van der Waals surface area contributed by atoms with Gasteiger partial charge < -0.3 is 0 Å². The van der Waals surface area contributed by atoms with Crippen molar-refractivity contribution in [3.8, 4) is 0 Å². The normalized spacial score (nSPS) is 13.0. The third kappa shape index (κ3) is 2.31. The Labute approximate surface area is 106 Å². The van der Waals surface area contributed by atoms with E-state index in [9.17, 15) is 0 Å². The van der Waals surface area contributed by atoms with Crippen LogP contribution in [0.25, 0.3) is 0 Å². The molecule has 4 nitrogen and oxygen atoms in total. The van der Waals surface area contributed by atoms with Crippen LogP contribution in [0.3, 0.4) is 0 Å². The predicted molar refractivity (Wildman–Crippen MR) is 67.2 cm³/mol. The van der Waals surface area contributed by atoms with Gasteiger partial charge in [-0.2, -0.15) is 0 Å². The molecule has 0 bridgehead atoms. The smallest absolute Gasteiger partial charge is 0.225 e. The van der Waals surface area contributed by atoms with Crippen LogP contribution in [0.5, 0.6) is 0 Å². The quantitative estimate of drug-likeness (QED) is 0.841. The molecular formula is C12H15ClN4. The Kier molecular flexibility index (Phi) is 3.43. The molecule has 0 aliphatic heterocycles. The van der Waals surface area contributed by atoms with Gasteiger partial charge in [-0.25, -0.2) is 0 Å². The highest BCUT2D eigenvalue weighted by atomic mass is 35.5. The molecule has 0 saturated carbocycles. The molecule has 0 N–H and O–H groups in total. The van der Waals surface area contributed by atoms with Crippen LogP contribution in [-0.4, -0.2) is 19.7 Å². The Hall–Kier alpha value is -1.42. The maximum atomic E-state index is 6.10. The number of hydrogen-bond acceptors (Lipinski definition) is 3. The summed E-state index contributed by atoms with van der Waals surface area (Å²) in [5.74, 6) is 1.18. The van der Waals surface area contributed by atoms with E-state index >= 15 is 0 Å². The van der Waals surface area contributed by atoms with Crippen molar-refractivity contribution in [3.63, 3.8) is 0 Å². The highest BCUT2D eigenvalue weighted by Crippen LogP contribution is 2.25. The lowest BCUT2D eigenvalue weighted by Crippen LogP contribution is -2.12. The average molecular weight is 251 g/mol. The summed E-state index contributed by atoms with van der Waals surface area (Å²) in [5.41, 5.74) is 1.09. The minimum absolute atomic E-state index is 0.0867. The van der Waals surface area contributed by atoms with E-state index in [-0.39, 0.29) is 12.0 Å². The van der Waals surface area contributed by atoms with Gasteiger partial charge >= 0.3 is 0 Å².